The van der Waals surface area contributed by atoms with E-state index in [-0.39, 0.29) is 24.8 Å². The molecule has 0 radical (unpaired) electrons. The highest BCUT2D eigenvalue weighted by Crippen LogP contribution is 2.34. The summed E-state index contributed by atoms with van der Waals surface area (Å²) in [6, 6.07) is 12.3. The van der Waals surface area contributed by atoms with E-state index in [1.165, 1.54) is 16.8 Å². The van der Waals surface area contributed by atoms with Crippen molar-refractivity contribution in [3.8, 4) is 11.5 Å². The Hall–Kier alpha value is -2.62. The lowest BCUT2D eigenvalue weighted by molar-refractivity contribution is -0.0314. The third-order valence-electron chi connectivity index (χ3n) is 7.15. The third kappa shape index (κ3) is 5.47. The molecule has 5 rings (SSSR count). The maximum absolute atomic E-state index is 13.5. The second-order valence-corrected chi connectivity index (χ2v) is 11.5. The average Bonchev–Trinajstić information content (AvgIpc) is 3.36. The summed E-state index contributed by atoms with van der Waals surface area (Å²) in [5.41, 5.74) is 3.77. The summed E-state index contributed by atoms with van der Waals surface area (Å²) in [6.45, 7) is 1.10. The fourth-order valence-electron chi connectivity index (χ4n) is 5.15. The summed E-state index contributed by atoms with van der Waals surface area (Å²) >= 11 is 0. The third-order valence-corrected chi connectivity index (χ3v) is 9.11. The van der Waals surface area contributed by atoms with Crippen molar-refractivity contribution in [3.05, 3.63) is 53.6 Å². The molecule has 0 unspecified atom stereocenters. The van der Waals surface area contributed by atoms with E-state index < -0.39 is 15.9 Å². The zero-order valence-corrected chi connectivity index (χ0v) is 20.6. The Morgan fingerprint density at radius 1 is 1.00 bits per heavy atom. The number of ether oxygens (including phenoxy) is 2. The van der Waals surface area contributed by atoms with E-state index in [1.807, 2.05) is 18.2 Å². The van der Waals surface area contributed by atoms with Crippen LogP contribution in [0.5, 0.6) is 11.5 Å². The first-order chi connectivity index (χ1) is 17.0. The van der Waals surface area contributed by atoms with Gasteiger partial charge in [-0.2, -0.15) is 4.31 Å². The topological polar surface area (TPSA) is 94.2 Å². The smallest absolute Gasteiger partial charge is 0.276 e. The highest BCUT2D eigenvalue weighted by atomic mass is 32.2. The minimum atomic E-state index is -3.80. The number of rotatable bonds is 7. The molecule has 0 bridgehead atoms. The first kappa shape index (κ1) is 24.1. The Labute approximate surface area is 208 Å². The van der Waals surface area contributed by atoms with Crippen LogP contribution in [0.3, 0.4) is 0 Å². The highest BCUT2D eigenvalue weighted by Gasteiger charge is 2.32. The van der Waals surface area contributed by atoms with Crippen LogP contribution in [0.2, 0.25) is 0 Å². The van der Waals surface area contributed by atoms with Gasteiger partial charge < -0.3 is 9.47 Å². The Morgan fingerprint density at radius 2 is 1.74 bits per heavy atom. The van der Waals surface area contributed by atoms with Gasteiger partial charge in [-0.25, -0.2) is 13.9 Å². The molecule has 3 aliphatic rings. The molecule has 2 heterocycles. The van der Waals surface area contributed by atoms with Crippen LogP contribution in [0.25, 0.3) is 0 Å². The van der Waals surface area contributed by atoms with Crippen LogP contribution in [-0.2, 0) is 21.3 Å². The van der Waals surface area contributed by atoms with Gasteiger partial charge in [-0.1, -0.05) is 37.5 Å². The number of carbonyl (C=O) groups excluding carboxylic acids is 1. The quantitative estimate of drug-likeness (QED) is 0.568. The van der Waals surface area contributed by atoms with Gasteiger partial charge in [-0.3, -0.25) is 9.63 Å². The number of hydrogen-bond acceptors (Lipinski definition) is 6. The number of hydrogen-bond donors (Lipinski definition) is 1. The number of piperidine rings is 1. The fourth-order valence-corrected chi connectivity index (χ4v) is 6.81. The molecule has 8 nitrogen and oxygen atoms in total. The Balaban J connectivity index is 0.00000304. The lowest BCUT2D eigenvalue weighted by atomic mass is 9.91. The van der Waals surface area contributed by atoms with E-state index in [0.717, 1.165) is 62.0 Å². The summed E-state index contributed by atoms with van der Waals surface area (Å²) in [5, 5.41) is 0. The van der Waals surface area contributed by atoms with Crippen molar-refractivity contribution < 1.29 is 29.0 Å². The van der Waals surface area contributed by atoms with Gasteiger partial charge in [-0.05, 0) is 67.9 Å². The molecule has 35 heavy (non-hydrogen) atoms. The summed E-state index contributed by atoms with van der Waals surface area (Å²) < 4.78 is 39.3. The van der Waals surface area contributed by atoms with Gasteiger partial charge in [0.15, 0.2) is 11.5 Å². The lowest BCUT2D eigenvalue weighted by Gasteiger charge is -2.31. The molecule has 1 aliphatic carbocycles. The second kappa shape index (κ2) is 10.6. The molecule has 1 saturated carbocycles. The number of nitrogens with zero attached hydrogens (tertiary/aromatic N) is 1. The van der Waals surface area contributed by atoms with E-state index >= 15 is 0 Å². The van der Waals surface area contributed by atoms with E-state index in [2.05, 4.69) is 5.48 Å². The predicted octanol–water partition coefficient (Wildman–Crippen LogP) is 4.30. The van der Waals surface area contributed by atoms with Crippen LogP contribution in [-0.4, -0.2) is 44.6 Å². The zero-order valence-electron chi connectivity index (χ0n) is 19.8. The number of fused-ring (bicyclic) bond motifs is 1. The molecule has 0 atom stereocenters. The SMILES string of the molecule is O=C(NOC1CCCCC1)c1ccccc1S(=O)(=O)N1CCC(Cc2ccc3c(c2)OCO3)CC1.[HH]. The summed E-state index contributed by atoms with van der Waals surface area (Å²) in [4.78, 5) is 18.4. The summed E-state index contributed by atoms with van der Waals surface area (Å²) in [7, 11) is -3.80. The number of carbonyl (C=O) groups is 1. The first-order valence-electron chi connectivity index (χ1n) is 12.4. The molecule has 2 fully saturated rings. The standard InChI is InChI=1S/C26H32N2O6S.H2/c29-26(27-34-21-6-2-1-3-7-21)22-8-4-5-9-25(22)35(30,31)28-14-12-19(13-15-28)16-20-10-11-23-24(17-20)33-18-32-23;/h4-5,8-11,17,19,21H,1-3,6-7,12-16,18H2,(H,27,29);1H. The largest absolute Gasteiger partial charge is 0.454 e. The number of benzene rings is 2. The minimum absolute atomic E-state index is 0. The molecule has 9 heteroatoms. The van der Waals surface area contributed by atoms with Gasteiger partial charge in [0.1, 0.15) is 0 Å². The molecule has 190 valence electrons. The molecule has 1 N–H and O–H groups in total. The highest BCUT2D eigenvalue weighted by molar-refractivity contribution is 7.89. The van der Waals surface area contributed by atoms with Gasteiger partial charge in [0, 0.05) is 14.5 Å². The van der Waals surface area contributed by atoms with Gasteiger partial charge in [-0.15, -0.1) is 0 Å². The van der Waals surface area contributed by atoms with E-state index in [4.69, 9.17) is 14.3 Å². The van der Waals surface area contributed by atoms with Crippen LogP contribution < -0.4 is 15.0 Å². The molecular formula is C26H34N2O6S. The normalized spacial score (nSPS) is 19.5. The Morgan fingerprint density at radius 3 is 2.54 bits per heavy atom. The van der Waals surface area contributed by atoms with E-state index in [1.54, 1.807) is 18.2 Å². The van der Waals surface area contributed by atoms with Crippen molar-refractivity contribution in [1.29, 1.82) is 0 Å². The molecule has 1 amide bonds. The van der Waals surface area contributed by atoms with Crippen LogP contribution in [0.1, 0.15) is 62.3 Å². The van der Waals surface area contributed by atoms with Crippen molar-refractivity contribution in [2.24, 2.45) is 5.92 Å². The molecule has 2 aliphatic heterocycles. The summed E-state index contributed by atoms with van der Waals surface area (Å²) in [5.74, 6) is 1.39. The fraction of sp³-hybridized carbons (Fsp3) is 0.500. The van der Waals surface area contributed by atoms with Crippen LogP contribution in [0, 0.1) is 5.92 Å². The first-order valence-corrected chi connectivity index (χ1v) is 13.9. The van der Waals surface area contributed by atoms with Crippen molar-refractivity contribution in [1.82, 2.24) is 9.79 Å². The molecular weight excluding hydrogens is 468 g/mol. The van der Waals surface area contributed by atoms with E-state index in [0.29, 0.717) is 19.0 Å². The van der Waals surface area contributed by atoms with Crippen molar-refractivity contribution in [2.45, 2.75) is 62.4 Å². The second-order valence-electron chi connectivity index (χ2n) is 9.54. The van der Waals surface area contributed by atoms with E-state index in [9.17, 15) is 13.2 Å². The summed E-state index contributed by atoms with van der Waals surface area (Å²) in [6.07, 6.45) is 7.51. The van der Waals surface area contributed by atoms with Crippen molar-refractivity contribution in [2.75, 3.05) is 19.9 Å². The van der Waals surface area contributed by atoms with Gasteiger partial charge in [0.05, 0.1) is 16.6 Å². The minimum Gasteiger partial charge on any atom is -0.454 e. The lowest BCUT2D eigenvalue weighted by Crippen LogP contribution is -2.40. The zero-order chi connectivity index (χ0) is 24.3. The van der Waals surface area contributed by atoms with Crippen LogP contribution in [0.4, 0.5) is 0 Å². The molecule has 0 spiro atoms. The van der Waals surface area contributed by atoms with Crippen LogP contribution in [0.15, 0.2) is 47.4 Å². The van der Waals surface area contributed by atoms with Gasteiger partial charge in [0.2, 0.25) is 16.8 Å². The van der Waals surface area contributed by atoms with Gasteiger partial charge in [0.25, 0.3) is 5.91 Å². The number of nitrogens with one attached hydrogen (secondary N) is 1. The average molecular weight is 503 g/mol. The molecule has 2 aromatic carbocycles. The number of amides is 1. The maximum Gasteiger partial charge on any atom is 0.276 e. The molecule has 1 saturated heterocycles. The van der Waals surface area contributed by atoms with Crippen molar-refractivity contribution in [3.63, 3.8) is 0 Å². The molecule has 2 aromatic rings. The maximum atomic E-state index is 13.5. The van der Waals surface area contributed by atoms with Crippen LogP contribution >= 0.6 is 0 Å². The Bertz CT molecular complexity index is 1160. The van der Waals surface area contributed by atoms with Gasteiger partial charge >= 0.3 is 0 Å². The predicted molar refractivity (Wildman–Crippen MR) is 132 cm³/mol. The number of hydroxylamine groups is 1. The van der Waals surface area contributed by atoms with Crippen molar-refractivity contribution >= 4 is 15.9 Å². The monoisotopic (exact) mass is 502 g/mol. The molecule has 0 aromatic heterocycles. The Kier molecular flexibility index (Phi) is 7.27. The number of sulfonamides is 1.